The lowest BCUT2D eigenvalue weighted by Gasteiger charge is -2.26. The summed E-state index contributed by atoms with van der Waals surface area (Å²) in [6, 6.07) is 87.0. The molecule has 0 saturated carbocycles. The maximum atomic E-state index is 6.39. The van der Waals surface area contributed by atoms with Crippen LogP contribution in [0.5, 0.6) is 0 Å². The molecule has 0 aliphatic rings. The molecule has 0 aliphatic heterocycles. The standard InChI is InChI=1S/C60H40N2O/c1-2-12-41(13-3-1)42-22-24-43(25-23-42)45-30-34-48(35-31-45)61(50-38-39-55-54-17-7-11-21-59(54)63-60(55)40-50)49-36-32-46(33-37-49)44-26-28-47(29-27-44)51-14-4-8-18-56(51)62-57-19-9-5-15-52(57)53-16-6-10-20-58(53)62/h1-40H. The molecule has 0 radical (unpaired) electrons. The van der Waals surface area contributed by atoms with E-state index in [9.17, 15) is 0 Å². The van der Waals surface area contributed by atoms with Crippen molar-refractivity contribution < 1.29 is 4.42 Å². The van der Waals surface area contributed by atoms with E-state index < -0.39 is 0 Å². The molecule has 0 atom stereocenters. The fourth-order valence-electron chi connectivity index (χ4n) is 9.33. The summed E-state index contributed by atoms with van der Waals surface area (Å²) in [5, 5.41) is 4.76. The first-order chi connectivity index (χ1) is 31.2. The number of aromatic nitrogens is 1. The van der Waals surface area contributed by atoms with Gasteiger partial charge in [0.05, 0.1) is 16.7 Å². The maximum Gasteiger partial charge on any atom is 0.137 e. The van der Waals surface area contributed by atoms with Crippen LogP contribution >= 0.6 is 0 Å². The molecule has 0 spiro atoms. The minimum atomic E-state index is 0.866. The smallest absolute Gasteiger partial charge is 0.137 e. The van der Waals surface area contributed by atoms with Crippen LogP contribution in [0.3, 0.4) is 0 Å². The number of hydrogen-bond acceptors (Lipinski definition) is 2. The van der Waals surface area contributed by atoms with Gasteiger partial charge in [-0.1, -0.05) is 176 Å². The molecule has 2 heterocycles. The summed E-state index contributed by atoms with van der Waals surface area (Å²) in [6.07, 6.45) is 0. The van der Waals surface area contributed by atoms with Gasteiger partial charge in [-0.05, 0) is 99.6 Å². The lowest BCUT2D eigenvalue weighted by molar-refractivity contribution is 0.669. The Kier molecular flexibility index (Phi) is 8.83. The minimum Gasteiger partial charge on any atom is -0.456 e. The Morgan fingerprint density at radius 2 is 0.698 bits per heavy atom. The summed E-state index contributed by atoms with van der Waals surface area (Å²) < 4.78 is 8.79. The zero-order chi connectivity index (χ0) is 41.7. The second-order valence-corrected chi connectivity index (χ2v) is 16.1. The van der Waals surface area contributed by atoms with Gasteiger partial charge in [0, 0.05) is 50.2 Å². The number of fused-ring (bicyclic) bond motifs is 6. The Morgan fingerprint density at radius 3 is 1.29 bits per heavy atom. The predicted molar refractivity (Wildman–Crippen MR) is 264 cm³/mol. The Morgan fingerprint density at radius 1 is 0.286 bits per heavy atom. The topological polar surface area (TPSA) is 21.3 Å². The molecule has 0 amide bonds. The van der Waals surface area contributed by atoms with Crippen molar-refractivity contribution in [3.8, 4) is 50.2 Å². The van der Waals surface area contributed by atoms with Gasteiger partial charge in [-0.2, -0.15) is 0 Å². The maximum absolute atomic E-state index is 6.39. The molecule has 10 aromatic carbocycles. The molecule has 0 saturated heterocycles. The van der Waals surface area contributed by atoms with Gasteiger partial charge in [-0.25, -0.2) is 0 Å². The SMILES string of the molecule is c1ccc(-c2ccc(-c3ccc(N(c4ccc(-c5ccc(-c6ccccc6-n6c7ccccc7c7ccccc76)cc5)cc4)c4ccc5c(c4)oc4ccccc45)cc3)cc2)cc1. The van der Waals surface area contributed by atoms with Crippen LogP contribution in [-0.2, 0) is 0 Å². The molecule has 2 aromatic heterocycles. The first-order valence-electron chi connectivity index (χ1n) is 21.5. The van der Waals surface area contributed by atoms with E-state index in [-0.39, 0.29) is 0 Å². The summed E-state index contributed by atoms with van der Waals surface area (Å²) >= 11 is 0. The van der Waals surface area contributed by atoms with Crippen LogP contribution in [0.4, 0.5) is 17.1 Å². The summed E-state index contributed by atoms with van der Waals surface area (Å²) in [7, 11) is 0. The number of rotatable bonds is 8. The predicted octanol–water partition coefficient (Wildman–Crippen LogP) is 16.8. The first-order valence-corrected chi connectivity index (χ1v) is 21.5. The molecule has 12 rings (SSSR count). The number of anilines is 3. The highest BCUT2D eigenvalue weighted by atomic mass is 16.3. The van der Waals surface area contributed by atoms with Crippen LogP contribution in [0.15, 0.2) is 247 Å². The Balaban J connectivity index is 0.880. The van der Waals surface area contributed by atoms with E-state index in [0.717, 1.165) is 50.1 Å². The van der Waals surface area contributed by atoms with Crippen LogP contribution < -0.4 is 4.90 Å². The van der Waals surface area contributed by atoms with Gasteiger partial charge >= 0.3 is 0 Å². The Labute approximate surface area is 366 Å². The van der Waals surface area contributed by atoms with Gasteiger partial charge in [0.2, 0.25) is 0 Å². The van der Waals surface area contributed by atoms with E-state index in [1.165, 1.54) is 60.9 Å². The summed E-state index contributed by atoms with van der Waals surface area (Å²) in [6.45, 7) is 0. The van der Waals surface area contributed by atoms with E-state index in [0.29, 0.717) is 0 Å². The van der Waals surface area contributed by atoms with Gasteiger partial charge in [0.25, 0.3) is 0 Å². The molecular weight excluding hydrogens is 765 g/mol. The van der Waals surface area contributed by atoms with Gasteiger partial charge in [-0.15, -0.1) is 0 Å². The third-order valence-electron chi connectivity index (χ3n) is 12.5. The van der Waals surface area contributed by atoms with Crippen molar-refractivity contribution in [1.82, 2.24) is 4.57 Å². The molecule has 0 bridgehead atoms. The number of benzene rings is 10. The third-order valence-corrected chi connectivity index (χ3v) is 12.5. The fraction of sp³-hybridized carbons (Fsp3) is 0. The fourth-order valence-corrected chi connectivity index (χ4v) is 9.33. The minimum absolute atomic E-state index is 0.866. The molecule has 3 nitrogen and oxygen atoms in total. The average molecular weight is 805 g/mol. The van der Waals surface area contributed by atoms with Crippen LogP contribution in [0.2, 0.25) is 0 Å². The molecule has 0 fully saturated rings. The zero-order valence-electron chi connectivity index (χ0n) is 34.4. The van der Waals surface area contributed by atoms with Crippen LogP contribution in [-0.4, -0.2) is 4.57 Å². The number of nitrogens with zero attached hydrogens (tertiary/aromatic N) is 2. The highest BCUT2D eigenvalue weighted by Gasteiger charge is 2.18. The Hall–Kier alpha value is -8.40. The van der Waals surface area contributed by atoms with E-state index >= 15 is 0 Å². The van der Waals surface area contributed by atoms with Crippen molar-refractivity contribution in [3.05, 3.63) is 243 Å². The average Bonchev–Trinajstić information content (AvgIpc) is 3.90. The molecule has 296 valence electrons. The molecular formula is C60H40N2O. The van der Waals surface area contributed by atoms with E-state index in [4.69, 9.17) is 4.42 Å². The van der Waals surface area contributed by atoms with Gasteiger partial charge < -0.3 is 13.9 Å². The van der Waals surface area contributed by atoms with Gasteiger partial charge in [0.15, 0.2) is 0 Å². The number of hydrogen-bond donors (Lipinski definition) is 0. The number of furan rings is 1. The van der Waals surface area contributed by atoms with Crippen molar-refractivity contribution in [1.29, 1.82) is 0 Å². The molecule has 3 heteroatoms. The van der Waals surface area contributed by atoms with E-state index in [1.807, 2.05) is 12.1 Å². The summed E-state index contributed by atoms with van der Waals surface area (Å²) in [5.74, 6) is 0. The summed E-state index contributed by atoms with van der Waals surface area (Å²) in [5.41, 5.74) is 18.0. The first kappa shape index (κ1) is 36.5. The summed E-state index contributed by atoms with van der Waals surface area (Å²) in [4.78, 5) is 2.31. The zero-order valence-corrected chi connectivity index (χ0v) is 34.4. The van der Waals surface area contributed by atoms with Crippen molar-refractivity contribution >= 4 is 60.8 Å². The van der Waals surface area contributed by atoms with Crippen LogP contribution in [0, 0.1) is 0 Å². The molecule has 0 unspecified atom stereocenters. The highest BCUT2D eigenvalue weighted by molar-refractivity contribution is 6.10. The Bertz CT molecular complexity index is 3530. The van der Waals surface area contributed by atoms with E-state index in [2.05, 4.69) is 240 Å². The second kappa shape index (κ2) is 15.3. The molecule has 12 aromatic rings. The van der Waals surface area contributed by atoms with Crippen molar-refractivity contribution in [2.75, 3.05) is 4.90 Å². The normalized spacial score (nSPS) is 11.5. The van der Waals surface area contributed by atoms with Crippen LogP contribution in [0.25, 0.3) is 93.9 Å². The molecule has 0 N–H and O–H groups in total. The monoisotopic (exact) mass is 804 g/mol. The number of para-hydroxylation sites is 4. The molecule has 0 aliphatic carbocycles. The van der Waals surface area contributed by atoms with Gasteiger partial charge in [0.1, 0.15) is 11.2 Å². The lowest BCUT2D eigenvalue weighted by atomic mass is 9.98. The van der Waals surface area contributed by atoms with Crippen LogP contribution in [0.1, 0.15) is 0 Å². The second-order valence-electron chi connectivity index (χ2n) is 16.1. The van der Waals surface area contributed by atoms with Gasteiger partial charge in [-0.3, -0.25) is 0 Å². The van der Waals surface area contributed by atoms with Crippen molar-refractivity contribution in [2.24, 2.45) is 0 Å². The molecule has 63 heavy (non-hydrogen) atoms. The largest absolute Gasteiger partial charge is 0.456 e. The van der Waals surface area contributed by atoms with Crippen molar-refractivity contribution in [2.45, 2.75) is 0 Å². The van der Waals surface area contributed by atoms with Crippen molar-refractivity contribution in [3.63, 3.8) is 0 Å². The highest BCUT2D eigenvalue weighted by Crippen LogP contribution is 2.41. The lowest BCUT2D eigenvalue weighted by Crippen LogP contribution is -2.09. The quantitative estimate of drug-likeness (QED) is 0.153. The van der Waals surface area contributed by atoms with E-state index in [1.54, 1.807) is 0 Å². The third kappa shape index (κ3) is 6.46.